The fraction of sp³-hybridized carbons (Fsp3) is 0.357. The monoisotopic (exact) mass is 328 g/mol. The molecule has 0 saturated heterocycles. The van der Waals surface area contributed by atoms with Gasteiger partial charge >= 0.3 is 0 Å². The van der Waals surface area contributed by atoms with Gasteiger partial charge in [0.1, 0.15) is 0 Å². The molecule has 1 aliphatic rings. The van der Waals surface area contributed by atoms with Gasteiger partial charge < -0.3 is 10.6 Å². The van der Waals surface area contributed by atoms with Gasteiger partial charge in [-0.25, -0.2) is 5.01 Å². The Hall–Kier alpha value is -1.27. The number of rotatable bonds is 5. The average molecular weight is 329 g/mol. The molecule has 2 N–H and O–H groups in total. The Morgan fingerprint density at radius 2 is 1.76 bits per heavy atom. The highest BCUT2D eigenvalue weighted by molar-refractivity contribution is 6.42. The second-order valence-electron chi connectivity index (χ2n) is 4.64. The molecular formula is C14H18Cl2N4O. The molecule has 0 fully saturated rings. The molecule has 21 heavy (non-hydrogen) atoms. The number of amides is 1. The number of halogens is 2. The Bertz CT molecular complexity index is 562. The van der Waals surface area contributed by atoms with Crippen molar-refractivity contribution < 1.29 is 4.79 Å². The van der Waals surface area contributed by atoms with E-state index in [1.165, 1.54) is 0 Å². The van der Waals surface area contributed by atoms with Crippen LogP contribution < -0.4 is 10.6 Å². The lowest BCUT2D eigenvalue weighted by Gasteiger charge is -2.40. The first kappa shape index (κ1) is 16.1. The van der Waals surface area contributed by atoms with Gasteiger partial charge in [0.2, 0.25) is 5.91 Å². The second-order valence-corrected chi connectivity index (χ2v) is 5.45. The molecule has 1 aromatic carbocycles. The zero-order valence-corrected chi connectivity index (χ0v) is 13.5. The van der Waals surface area contributed by atoms with Gasteiger partial charge in [-0.15, -0.1) is 0 Å². The van der Waals surface area contributed by atoms with Crippen LogP contribution in [0.25, 0.3) is 5.70 Å². The van der Waals surface area contributed by atoms with Crippen molar-refractivity contribution in [1.82, 2.24) is 20.7 Å². The molecule has 1 aliphatic heterocycles. The molecular weight excluding hydrogens is 311 g/mol. The first-order valence-corrected chi connectivity index (χ1v) is 7.36. The third kappa shape index (κ3) is 3.49. The quantitative estimate of drug-likeness (QED) is 0.869. The molecule has 0 aromatic heterocycles. The summed E-state index contributed by atoms with van der Waals surface area (Å²) < 4.78 is 0. The second kappa shape index (κ2) is 7.13. The lowest BCUT2D eigenvalue weighted by molar-refractivity contribution is -0.145. The van der Waals surface area contributed by atoms with Gasteiger partial charge in [0.25, 0.3) is 0 Å². The van der Waals surface area contributed by atoms with E-state index in [1.807, 2.05) is 37.3 Å². The Morgan fingerprint density at radius 3 is 2.38 bits per heavy atom. The van der Waals surface area contributed by atoms with Crippen molar-refractivity contribution in [1.29, 1.82) is 0 Å². The van der Waals surface area contributed by atoms with Crippen LogP contribution in [0.1, 0.15) is 12.0 Å². The van der Waals surface area contributed by atoms with Crippen molar-refractivity contribution in [3.8, 4) is 0 Å². The normalized spacial score (nSPS) is 15.4. The summed E-state index contributed by atoms with van der Waals surface area (Å²) in [6.07, 6.45) is 2.27. The van der Waals surface area contributed by atoms with Crippen molar-refractivity contribution in [3.05, 3.63) is 39.9 Å². The number of nitrogens with one attached hydrogen (secondary N) is 2. The molecule has 0 unspecified atom stereocenters. The third-order valence-electron chi connectivity index (χ3n) is 3.16. The predicted octanol–water partition coefficient (Wildman–Crippen LogP) is 2.14. The molecule has 1 amide bonds. The number of carbonyl (C=O) groups excluding carboxylic acids is 1. The molecule has 0 saturated carbocycles. The molecule has 0 radical (unpaired) electrons. The summed E-state index contributed by atoms with van der Waals surface area (Å²) in [5.74, 6) is 0.0448. The van der Waals surface area contributed by atoms with Crippen LogP contribution in [0.15, 0.2) is 24.3 Å². The number of hydrogen-bond donors (Lipinski definition) is 2. The van der Waals surface area contributed by atoms with Crippen molar-refractivity contribution in [3.63, 3.8) is 0 Å². The standard InChI is InChI=1S/C14H18Cl2N4O/c1-17-8-19-13(5-6-14(21)20(19)9-18-2)10-3-4-11(15)12(16)7-10/h3-5,7,17-18H,6,8-9H2,1-2H3. The van der Waals surface area contributed by atoms with Crippen LogP contribution in [0, 0.1) is 0 Å². The number of carbonyl (C=O) groups is 1. The van der Waals surface area contributed by atoms with Gasteiger partial charge in [-0.1, -0.05) is 29.3 Å². The zero-order chi connectivity index (χ0) is 15.4. The molecule has 0 atom stereocenters. The Kier molecular flexibility index (Phi) is 5.47. The van der Waals surface area contributed by atoms with Gasteiger partial charge in [0.05, 0.1) is 29.1 Å². The molecule has 5 nitrogen and oxygen atoms in total. The summed E-state index contributed by atoms with van der Waals surface area (Å²) in [5, 5.41) is 10.7. The van der Waals surface area contributed by atoms with Crippen LogP contribution in [0.3, 0.4) is 0 Å². The number of nitrogens with zero attached hydrogens (tertiary/aromatic N) is 2. The van der Waals surface area contributed by atoms with E-state index in [0.717, 1.165) is 11.3 Å². The molecule has 1 aromatic rings. The van der Waals surface area contributed by atoms with Gasteiger partial charge in [0.15, 0.2) is 0 Å². The molecule has 2 rings (SSSR count). The highest BCUT2D eigenvalue weighted by atomic mass is 35.5. The van der Waals surface area contributed by atoms with Gasteiger partial charge in [-0.3, -0.25) is 9.80 Å². The summed E-state index contributed by atoms with van der Waals surface area (Å²) in [5.41, 5.74) is 1.85. The highest BCUT2D eigenvalue weighted by Gasteiger charge is 2.27. The van der Waals surface area contributed by atoms with E-state index in [4.69, 9.17) is 23.2 Å². The summed E-state index contributed by atoms with van der Waals surface area (Å²) in [4.78, 5) is 12.1. The SMILES string of the molecule is CNCN1C(=O)CC=C(c2ccc(Cl)c(Cl)c2)N1CNC. The molecule has 1 heterocycles. The molecule has 0 aliphatic carbocycles. The van der Waals surface area contributed by atoms with Gasteiger partial charge in [-0.2, -0.15) is 0 Å². The maximum absolute atomic E-state index is 12.1. The van der Waals surface area contributed by atoms with Crippen molar-refractivity contribution in [2.45, 2.75) is 6.42 Å². The number of hydrogen-bond acceptors (Lipinski definition) is 4. The van der Waals surface area contributed by atoms with Gasteiger partial charge in [0, 0.05) is 12.0 Å². The van der Waals surface area contributed by atoms with E-state index >= 15 is 0 Å². The topological polar surface area (TPSA) is 47.6 Å². The van der Waals surface area contributed by atoms with Crippen LogP contribution in [0.4, 0.5) is 0 Å². The Balaban J connectivity index is 2.39. The molecule has 7 heteroatoms. The minimum Gasteiger partial charge on any atom is -0.301 e. The van der Waals surface area contributed by atoms with Crippen LogP contribution in [0.5, 0.6) is 0 Å². The Morgan fingerprint density at radius 1 is 1.10 bits per heavy atom. The third-order valence-corrected chi connectivity index (χ3v) is 3.90. The molecule has 0 spiro atoms. The lowest BCUT2D eigenvalue weighted by atomic mass is 10.1. The lowest BCUT2D eigenvalue weighted by Crippen LogP contribution is -2.53. The van der Waals surface area contributed by atoms with E-state index in [9.17, 15) is 4.79 Å². The average Bonchev–Trinajstić information content (AvgIpc) is 2.46. The van der Waals surface area contributed by atoms with E-state index < -0.39 is 0 Å². The van der Waals surface area contributed by atoms with E-state index in [1.54, 1.807) is 11.1 Å². The number of benzene rings is 1. The van der Waals surface area contributed by atoms with Crippen molar-refractivity contribution in [2.75, 3.05) is 27.4 Å². The fourth-order valence-electron chi connectivity index (χ4n) is 2.23. The zero-order valence-electron chi connectivity index (χ0n) is 12.0. The fourth-order valence-corrected chi connectivity index (χ4v) is 2.52. The van der Waals surface area contributed by atoms with Gasteiger partial charge in [-0.05, 0) is 32.3 Å². The first-order chi connectivity index (χ1) is 10.1. The smallest absolute Gasteiger partial charge is 0.246 e. The van der Waals surface area contributed by atoms with E-state index in [2.05, 4.69) is 10.6 Å². The minimum absolute atomic E-state index is 0.0448. The van der Waals surface area contributed by atoms with E-state index in [0.29, 0.717) is 29.8 Å². The van der Waals surface area contributed by atoms with Crippen LogP contribution in [-0.4, -0.2) is 43.4 Å². The minimum atomic E-state index is 0.0448. The summed E-state index contributed by atoms with van der Waals surface area (Å²) in [6.45, 7) is 0.957. The largest absolute Gasteiger partial charge is 0.301 e. The van der Waals surface area contributed by atoms with Crippen molar-refractivity contribution >= 4 is 34.8 Å². The molecule has 0 bridgehead atoms. The van der Waals surface area contributed by atoms with Crippen molar-refractivity contribution in [2.24, 2.45) is 0 Å². The highest BCUT2D eigenvalue weighted by Crippen LogP contribution is 2.30. The summed E-state index contributed by atoms with van der Waals surface area (Å²) in [6, 6.07) is 5.47. The maximum Gasteiger partial charge on any atom is 0.246 e. The van der Waals surface area contributed by atoms with Crippen LogP contribution in [0.2, 0.25) is 10.0 Å². The van der Waals surface area contributed by atoms with E-state index in [-0.39, 0.29) is 5.91 Å². The molecule has 114 valence electrons. The Labute approximate surface area is 134 Å². The number of hydrazine groups is 1. The first-order valence-electron chi connectivity index (χ1n) is 6.61. The predicted molar refractivity (Wildman–Crippen MR) is 85.6 cm³/mol. The maximum atomic E-state index is 12.1. The summed E-state index contributed by atoms with van der Waals surface area (Å²) >= 11 is 12.1. The summed E-state index contributed by atoms with van der Waals surface area (Å²) in [7, 11) is 3.64. The van der Waals surface area contributed by atoms with Crippen LogP contribution in [-0.2, 0) is 4.79 Å². The van der Waals surface area contributed by atoms with Crippen LogP contribution >= 0.6 is 23.2 Å².